The number of rotatable bonds is 2. The number of aromatic nitrogens is 1. The molecule has 1 aromatic heterocycles. The third-order valence-electron chi connectivity index (χ3n) is 2.13. The largest absolute Gasteiger partial charge is 0.495 e. The van der Waals surface area contributed by atoms with E-state index in [1.54, 1.807) is 26.4 Å². The van der Waals surface area contributed by atoms with Gasteiger partial charge in [-0.1, -0.05) is 0 Å². The Hall–Kier alpha value is -1.84. The van der Waals surface area contributed by atoms with Crippen molar-refractivity contribution in [2.24, 2.45) is 0 Å². The lowest BCUT2D eigenvalue weighted by Crippen LogP contribution is -1.90. The minimum Gasteiger partial charge on any atom is -0.495 e. The zero-order chi connectivity index (χ0) is 10.1. The second-order valence-corrected chi connectivity index (χ2v) is 2.92. The minimum absolute atomic E-state index is 0.117. The van der Waals surface area contributed by atoms with Crippen LogP contribution in [0.5, 0.6) is 17.4 Å². The van der Waals surface area contributed by atoms with Gasteiger partial charge in [-0.15, -0.1) is 0 Å². The summed E-state index contributed by atoms with van der Waals surface area (Å²) < 4.78 is 10.3. The van der Waals surface area contributed by atoms with E-state index >= 15 is 0 Å². The molecule has 0 spiro atoms. The van der Waals surface area contributed by atoms with Crippen molar-refractivity contribution in [3.63, 3.8) is 0 Å². The van der Waals surface area contributed by atoms with Crippen LogP contribution in [-0.2, 0) is 0 Å². The summed E-state index contributed by atoms with van der Waals surface area (Å²) in [6, 6.07) is 5.23. The minimum atomic E-state index is 0.117. The van der Waals surface area contributed by atoms with Crippen LogP contribution in [0.15, 0.2) is 18.2 Å². The third-order valence-corrected chi connectivity index (χ3v) is 2.13. The van der Waals surface area contributed by atoms with E-state index in [1.165, 1.54) is 0 Å². The fourth-order valence-electron chi connectivity index (χ4n) is 1.51. The van der Waals surface area contributed by atoms with Crippen LogP contribution < -0.4 is 9.47 Å². The molecule has 0 saturated heterocycles. The number of aromatic amines is 1. The van der Waals surface area contributed by atoms with Crippen LogP contribution in [0.3, 0.4) is 0 Å². The monoisotopic (exact) mass is 193 g/mol. The molecule has 0 atom stereocenters. The zero-order valence-electron chi connectivity index (χ0n) is 8.00. The first-order valence-electron chi connectivity index (χ1n) is 4.19. The molecule has 0 bridgehead atoms. The lowest BCUT2D eigenvalue weighted by molar-refractivity contribution is 0.358. The summed E-state index contributed by atoms with van der Waals surface area (Å²) in [4.78, 5) is 2.80. The van der Waals surface area contributed by atoms with E-state index in [4.69, 9.17) is 9.47 Å². The number of fused-ring (bicyclic) bond motifs is 1. The first-order valence-corrected chi connectivity index (χ1v) is 4.19. The van der Waals surface area contributed by atoms with Crippen LogP contribution in [0.2, 0.25) is 0 Å². The van der Waals surface area contributed by atoms with Gasteiger partial charge in [-0.2, -0.15) is 0 Å². The average Bonchev–Trinajstić information content (AvgIpc) is 2.56. The van der Waals surface area contributed by atoms with E-state index in [2.05, 4.69) is 4.98 Å². The second-order valence-electron chi connectivity index (χ2n) is 2.92. The summed E-state index contributed by atoms with van der Waals surface area (Å²) >= 11 is 0. The van der Waals surface area contributed by atoms with E-state index in [9.17, 15) is 5.11 Å². The van der Waals surface area contributed by atoms with Crippen LogP contribution in [0.4, 0.5) is 0 Å². The van der Waals surface area contributed by atoms with Crippen LogP contribution >= 0.6 is 0 Å². The van der Waals surface area contributed by atoms with Crippen LogP contribution in [0.25, 0.3) is 10.9 Å². The molecule has 0 aliphatic rings. The van der Waals surface area contributed by atoms with Crippen LogP contribution in [-0.4, -0.2) is 24.3 Å². The average molecular weight is 193 g/mol. The Morgan fingerprint density at radius 2 is 2.00 bits per heavy atom. The SMILES string of the molecule is COc1ccc2[nH]c(O)cc2c1OC. The number of ether oxygens (including phenoxy) is 2. The van der Waals surface area contributed by atoms with Gasteiger partial charge >= 0.3 is 0 Å². The molecule has 0 aliphatic carbocycles. The van der Waals surface area contributed by atoms with Crippen molar-refractivity contribution >= 4 is 10.9 Å². The first kappa shape index (κ1) is 8.74. The Balaban J connectivity index is 2.75. The van der Waals surface area contributed by atoms with Crippen molar-refractivity contribution in [3.05, 3.63) is 18.2 Å². The molecule has 0 fully saturated rings. The second kappa shape index (κ2) is 3.14. The standard InChI is InChI=1S/C10H11NO3/c1-13-8-4-3-7-6(10(8)14-2)5-9(12)11-7/h3-5,11-12H,1-2H3. The number of nitrogens with one attached hydrogen (secondary N) is 1. The fourth-order valence-corrected chi connectivity index (χ4v) is 1.51. The Bertz CT molecular complexity index is 462. The maximum atomic E-state index is 9.29. The Morgan fingerprint density at radius 1 is 1.21 bits per heavy atom. The molecule has 4 nitrogen and oxygen atoms in total. The smallest absolute Gasteiger partial charge is 0.189 e. The van der Waals surface area contributed by atoms with Crippen molar-refractivity contribution in [1.29, 1.82) is 0 Å². The van der Waals surface area contributed by atoms with Crippen molar-refractivity contribution in [1.82, 2.24) is 4.98 Å². The summed E-state index contributed by atoms with van der Waals surface area (Å²) in [7, 11) is 3.15. The summed E-state index contributed by atoms with van der Waals surface area (Å²) in [5.41, 5.74) is 0.820. The lowest BCUT2D eigenvalue weighted by Gasteiger charge is -2.07. The number of H-pyrrole nitrogens is 1. The first-order chi connectivity index (χ1) is 6.76. The van der Waals surface area contributed by atoms with Gasteiger partial charge in [0.2, 0.25) is 0 Å². The van der Waals surface area contributed by atoms with E-state index in [1.807, 2.05) is 6.07 Å². The van der Waals surface area contributed by atoms with E-state index in [0.29, 0.717) is 11.5 Å². The molecule has 0 saturated carbocycles. The predicted molar refractivity (Wildman–Crippen MR) is 53.1 cm³/mol. The highest BCUT2D eigenvalue weighted by molar-refractivity contribution is 5.90. The number of benzene rings is 1. The maximum absolute atomic E-state index is 9.29. The summed E-state index contributed by atoms with van der Waals surface area (Å²) in [6.45, 7) is 0. The molecular weight excluding hydrogens is 182 g/mol. The molecule has 14 heavy (non-hydrogen) atoms. The molecule has 0 unspecified atom stereocenters. The Kier molecular flexibility index (Phi) is 1.96. The molecule has 4 heteroatoms. The quantitative estimate of drug-likeness (QED) is 0.765. The lowest BCUT2D eigenvalue weighted by atomic mass is 10.2. The predicted octanol–water partition coefficient (Wildman–Crippen LogP) is 1.89. The number of hydrogen-bond acceptors (Lipinski definition) is 3. The number of hydrogen-bond donors (Lipinski definition) is 2. The van der Waals surface area contributed by atoms with E-state index < -0.39 is 0 Å². The normalized spacial score (nSPS) is 10.4. The zero-order valence-corrected chi connectivity index (χ0v) is 8.00. The topological polar surface area (TPSA) is 54.5 Å². The van der Waals surface area contributed by atoms with E-state index in [-0.39, 0.29) is 5.88 Å². The molecule has 0 radical (unpaired) electrons. The van der Waals surface area contributed by atoms with Crippen molar-refractivity contribution < 1.29 is 14.6 Å². The van der Waals surface area contributed by atoms with Gasteiger partial charge < -0.3 is 19.6 Å². The van der Waals surface area contributed by atoms with Gasteiger partial charge in [-0.3, -0.25) is 0 Å². The van der Waals surface area contributed by atoms with Gasteiger partial charge in [-0.05, 0) is 12.1 Å². The van der Waals surface area contributed by atoms with Crippen molar-refractivity contribution in [2.45, 2.75) is 0 Å². The highest BCUT2D eigenvalue weighted by atomic mass is 16.5. The maximum Gasteiger partial charge on any atom is 0.189 e. The number of methoxy groups -OCH3 is 2. The molecule has 1 heterocycles. The summed E-state index contributed by atoms with van der Waals surface area (Å²) in [6.07, 6.45) is 0. The Labute approximate surface area is 81.1 Å². The van der Waals surface area contributed by atoms with Gasteiger partial charge in [0.15, 0.2) is 17.4 Å². The summed E-state index contributed by atoms with van der Waals surface area (Å²) in [5.74, 6) is 1.40. The highest BCUT2D eigenvalue weighted by Gasteiger charge is 2.10. The Morgan fingerprint density at radius 3 is 2.64 bits per heavy atom. The molecule has 1 aromatic carbocycles. The molecule has 0 aliphatic heterocycles. The van der Waals surface area contributed by atoms with E-state index in [0.717, 1.165) is 10.9 Å². The highest BCUT2D eigenvalue weighted by Crippen LogP contribution is 2.36. The fraction of sp³-hybridized carbons (Fsp3) is 0.200. The van der Waals surface area contributed by atoms with Gasteiger partial charge in [0.25, 0.3) is 0 Å². The van der Waals surface area contributed by atoms with Crippen LogP contribution in [0, 0.1) is 0 Å². The van der Waals surface area contributed by atoms with Gasteiger partial charge in [0, 0.05) is 11.5 Å². The molecule has 74 valence electrons. The molecular formula is C10H11NO3. The summed E-state index contributed by atoms with van der Waals surface area (Å²) in [5, 5.41) is 10.1. The van der Waals surface area contributed by atoms with Crippen molar-refractivity contribution in [3.8, 4) is 17.4 Å². The van der Waals surface area contributed by atoms with Crippen molar-refractivity contribution in [2.75, 3.05) is 14.2 Å². The van der Waals surface area contributed by atoms with Crippen LogP contribution in [0.1, 0.15) is 0 Å². The molecule has 0 amide bonds. The van der Waals surface area contributed by atoms with Gasteiger partial charge in [0.05, 0.1) is 19.7 Å². The van der Waals surface area contributed by atoms with Gasteiger partial charge in [-0.25, -0.2) is 0 Å². The molecule has 2 N–H and O–H groups in total. The third kappa shape index (κ3) is 1.16. The number of aromatic hydroxyl groups is 1. The van der Waals surface area contributed by atoms with Gasteiger partial charge in [0.1, 0.15) is 0 Å². The molecule has 2 rings (SSSR count). The molecule has 2 aromatic rings.